The summed E-state index contributed by atoms with van der Waals surface area (Å²) in [4.78, 5) is 33.0. The number of carbonyl (C=O) groups is 3. The van der Waals surface area contributed by atoms with Gasteiger partial charge in [-0.1, -0.05) is 15.9 Å². The van der Waals surface area contributed by atoms with Crippen molar-refractivity contribution in [3.63, 3.8) is 0 Å². The lowest BCUT2D eigenvalue weighted by Crippen LogP contribution is -2.45. The first-order valence-electron chi connectivity index (χ1n) is 5.22. The molecule has 0 aromatic heterocycles. The summed E-state index contributed by atoms with van der Waals surface area (Å²) in [6.45, 7) is 0. The third-order valence-corrected chi connectivity index (χ3v) is 2.64. The zero-order valence-corrected chi connectivity index (χ0v) is 11.3. The van der Waals surface area contributed by atoms with E-state index >= 15 is 0 Å². The molecule has 1 aromatic rings. The van der Waals surface area contributed by atoms with Crippen LogP contribution in [0.15, 0.2) is 28.7 Å². The molecule has 1 atom stereocenters. The van der Waals surface area contributed by atoms with E-state index in [-0.39, 0.29) is 0 Å². The first-order valence-corrected chi connectivity index (χ1v) is 6.02. The molecule has 0 aliphatic heterocycles. The molecule has 1 aromatic carbocycles. The van der Waals surface area contributed by atoms with E-state index in [9.17, 15) is 14.4 Å². The summed E-state index contributed by atoms with van der Waals surface area (Å²) in [6, 6.07) is 4.62. The van der Waals surface area contributed by atoms with Gasteiger partial charge in [0.05, 0.1) is 6.42 Å². The second kappa shape index (κ2) is 6.74. The summed E-state index contributed by atoms with van der Waals surface area (Å²) in [5, 5.41) is 13.4. The van der Waals surface area contributed by atoms with Crippen LogP contribution in [0.4, 0.5) is 10.5 Å². The minimum atomic E-state index is -1.35. The van der Waals surface area contributed by atoms with Crippen molar-refractivity contribution in [1.29, 1.82) is 0 Å². The molecule has 0 spiro atoms. The molecular weight excluding hydrogens is 318 g/mol. The van der Waals surface area contributed by atoms with Gasteiger partial charge in [-0.15, -0.1) is 0 Å². The number of nitrogens with one attached hydrogen (secondary N) is 2. The number of carboxylic acids is 1. The number of carboxylic acid groups (broad SMARTS) is 1. The summed E-state index contributed by atoms with van der Waals surface area (Å²) in [6.07, 6.45) is -0.469. The van der Waals surface area contributed by atoms with E-state index in [0.29, 0.717) is 5.69 Å². The zero-order chi connectivity index (χ0) is 14.4. The Hall–Kier alpha value is -2.09. The number of hydrogen-bond acceptors (Lipinski definition) is 3. The number of halogens is 1. The standard InChI is InChI=1S/C11H12BrN3O4/c12-6-1-3-7(4-2-6)14-11(19)15-8(10(17)18)5-9(13)16/h1-4,8H,5H2,(H2,13,16)(H,17,18)(H2,14,15,19). The van der Waals surface area contributed by atoms with Crippen LogP contribution in [0.3, 0.4) is 0 Å². The molecule has 19 heavy (non-hydrogen) atoms. The monoisotopic (exact) mass is 329 g/mol. The number of rotatable bonds is 5. The topological polar surface area (TPSA) is 122 Å². The second-order valence-electron chi connectivity index (χ2n) is 3.67. The number of amides is 3. The molecule has 0 aliphatic carbocycles. The van der Waals surface area contributed by atoms with Crippen LogP contribution in [-0.2, 0) is 9.59 Å². The van der Waals surface area contributed by atoms with E-state index in [1.54, 1.807) is 24.3 Å². The van der Waals surface area contributed by atoms with Crippen molar-refractivity contribution in [2.75, 3.05) is 5.32 Å². The molecule has 0 bridgehead atoms. The van der Waals surface area contributed by atoms with E-state index in [4.69, 9.17) is 10.8 Å². The van der Waals surface area contributed by atoms with Crippen molar-refractivity contribution in [3.8, 4) is 0 Å². The number of hydrogen-bond donors (Lipinski definition) is 4. The molecule has 8 heteroatoms. The first kappa shape index (κ1) is 15.0. The van der Waals surface area contributed by atoms with Gasteiger partial charge in [-0.05, 0) is 24.3 Å². The molecule has 0 fully saturated rings. The summed E-state index contributed by atoms with van der Waals surface area (Å²) in [5.41, 5.74) is 5.39. The van der Waals surface area contributed by atoms with Gasteiger partial charge in [0.25, 0.3) is 0 Å². The highest BCUT2D eigenvalue weighted by atomic mass is 79.9. The average Bonchev–Trinajstić information content (AvgIpc) is 2.30. The predicted molar refractivity (Wildman–Crippen MR) is 71.5 cm³/mol. The van der Waals surface area contributed by atoms with Crippen LogP contribution in [-0.4, -0.2) is 29.1 Å². The SMILES string of the molecule is NC(=O)CC(NC(=O)Nc1ccc(Br)cc1)C(=O)O. The van der Waals surface area contributed by atoms with Crippen molar-refractivity contribution in [1.82, 2.24) is 5.32 Å². The van der Waals surface area contributed by atoms with Gasteiger partial charge in [0.1, 0.15) is 6.04 Å². The van der Waals surface area contributed by atoms with Crippen LogP contribution in [0.5, 0.6) is 0 Å². The molecule has 3 amide bonds. The molecule has 0 saturated heterocycles. The highest BCUT2D eigenvalue weighted by Crippen LogP contribution is 2.13. The number of carbonyl (C=O) groups excluding carboxylic acids is 2. The molecule has 0 radical (unpaired) electrons. The van der Waals surface area contributed by atoms with Gasteiger partial charge < -0.3 is 21.5 Å². The van der Waals surface area contributed by atoms with Crippen LogP contribution in [0, 0.1) is 0 Å². The van der Waals surface area contributed by atoms with E-state index in [0.717, 1.165) is 4.47 Å². The smallest absolute Gasteiger partial charge is 0.326 e. The summed E-state index contributed by atoms with van der Waals surface area (Å²) in [5.74, 6) is -2.14. The Balaban J connectivity index is 2.59. The fourth-order valence-corrected chi connectivity index (χ4v) is 1.52. The van der Waals surface area contributed by atoms with Crippen LogP contribution < -0.4 is 16.4 Å². The lowest BCUT2D eigenvalue weighted by atomic mass is 10.2. The van der Waals surface area contributed by atoms with E-state index in [2.05, 4.69) is 26.6 Å². The fraction of sp³-hybridized carbons (Fsp3) is 0.182. The third kappa shape index (κ3) is 5.38. The molecule has 7 nitrogen and oxygen atoms in total. The van der Waals surface area contributed by atoms with Crippen LogP contribution in [0.1, 0.15) is 6.42 Å². The predicted octanol–water partition coefficient (Wildman–Crippen LogP) is 0.899. The van der Waals surface area contributed by atoms with E-state index < -0.39 is 30.4 Å². The molecule has 0 heterocycles. The van der Waals surface area contributed by atoms with Crippen molar-refractivity contribution in [3.05, 3.63) is 28.7 Å². The van der Waals surface area contributed by atoms with Gasteiger partial charge in [0, 0.05) is 10.2 Å². The normalized spacial score (nSPS) is 11.4. The average molecular weight is 330 g/mol. The quantitative estimate of drug-likeness (QED) is 0.641. The lowest BCUT2D eigenvalue weighted by molar-refractivity contribution is -0.140. The van der Waals surface area contributed by atoms with Gasteiger partial charge in [-0.25, -0.2) is 9.59 Å². The van der Waals surface area contributed by atoms with Crippen LogP contribution in [0.25, 0.3) is 0 Å². The minimum absolute atomic E-state index is 0.469. The van der Waals surface area contributed by atoms with Crippen LogP contribution >= 0.6 is 15.9 Å². The Bertz CT molecular complexity index is 489. The van der Waals surface area contributed by atoms with E-state index in [1.807, 2.05) is 0 Å². The Morgan fingerprint density at radius 3 is 2.32 bits per heavy atom. The number of primary amides is 1. The number of aliphatic carboxylic acids is 1. The largest absolute Gasteiger partial charge is 0.480 e. The number of urea groups is 1. The van der Waals surface area contributed by atoms with E-state index in [1.165, 1.54) is 0 Å². The maximum Gasteiger partial charge on any atom is 0.326 e. The number of benzene rings is 1. The summed E-state index contributed by atoms with van der Waals surface area (Å²) >= 11 is 3.24. The first-order chi connectivity index (χ1) is 8.88. The Morgan fingerprint density at radius 1 is 1.26 bits per heavy atom. The molecule has 0 aliphatic rings. The Morgan fingerprint density at radius 2 is 1.84 bits per heavy atom. The Kier molecular flexibility index (Phi) is 5.31. The molecule has 1 unspecified atom stereocenters. The zero-order valence-electron chi connectivity index (χ0n) is 9.72. The summed E-state index contributed by atoms with van der Waals surface area (Å²) < 4.78 is 0.843. The van der Waals surface area contributed by atoms with Crippen molar-refractivity contribution in [2.24, 2.45) is 5.73 Å². The van der Waals surface area contributed by atoms with Gasteiger partial charge in [0.2, 0.25) is 5.91 Å². The van der Waals surface area contributed by atoms with Gasteiger partial charge in [0.15, 0.2) is 0 Å². The lowest BCUT2D eigenvalue weighted by Gasteiger charge is -2.13. The maximum absolute atomic E-state index is 11.5. The van der Waals surface area contributed by atoms with Crippen molar-refractivity contribution >= 4 is 39.5 Å². The fourth-order valence-electron chi connectivity index (χ4n) is 1.26. The molecule has 1 rings (SSSR count). The van der Waals surface area contributed by atoms with Crippen molar-refractivity contribution in [2.45, 2.75) is 12.5 Å². The summed E-state index contributed by atoms with van der Waals surface area (Å²) in [7, 11) is 0. The van der Waals surface area contributed by atoms with Crippen molar-refractivity contribution < 1.29 is 19.5 Å². The van der Waals surface area contributed by atoms with Gasteiger partial charge in [-0.2, -0.15) is 0 Å². The maximum atomic E-state index is 11.5. The molecular formula is C11H12BrN3O4. The molecule has 0 saturated carbocycles. The number of anilines is 1. The molecule has 5 N–H and O–H groups in total. The second-order valence-corrected chi connectivity index (χ2v) is 4.58. The highest BCUT2D eigenvalue weighted by Gasteiger charge is 2.21. The highest BCUT2D eigenvalue weighted by molar-refractivity contribution is 9.10. The van der Waals surface area contributed by atoms with Gasteiger partial charge in [-0.3, -0.25) is 4.79 Å². The molecule has 102 valence electrons. The van der Waals surface area contributed by atoms with Crippen LogP contribution in [0.2, 0.25) is 0 Å². The number of nitrogens with two attached hydrogens (primary N) is 1. The third-order valence-electron chi connectivity index (χ3n) is 2.11. The Labute approximate surface area is 117 Å². The minimum Gasteiger partial charge on any atom is -0.480 e. The van der Waals surface area contributed by atoms with Gasteiger partial charge >= 0.3 is 12.0 Å².